The Morgan fingerprint density at radius 2 is 2.12 bits per heavy atom. The van der Waals surface area contributed by atoms with Crippen molar-refractivity contribution in [2.45, 2.75) is 33.4 Å². The standard InChI is InChI=1S/C12H22ClN3O/c1-9(2)17-7-6-15(4)8-11-10(3)14-16(5)12(11)13/h9H,6-8H2,1-5H3. The molecule has 0 saturated heterocycles. The Hall–Kier alpha value is -0.580. The minimum absolute atomic E-state index is 0.284. The Morgan fingerprint density at radius 1 is 1.47 bits per heavy atom. The van der Waals surface area contributed by atoms with Crippen molar-refractivity contribution in [3.05, 3.63) is 16.4 Å². The molecule has 0 aliphatic carbocycles. The summed E-state index contributed by atoms with van der Waals surface area (Å²) < 4.78 is 7.23. The lowest BCUT2D eigenvalue weighted by molar-refractivity contribution is 0.0627. The van der Waals surface area contributed by atoms with Crippen LogP contribution in [0.4, 0.5) is 0 Å². The van der Waals surface area contributed by atoms with Crippen LogP contribution in [-0.4, -0.2) is 41.0 Å². The van der Waals surface area contributed by atoms with Crippen molar-refractivity contribution in [3.8, 4) is 0 Å². The van der Waals surface area contributed by atoms with Crippen molar-refractivity contribution < 1.29 is 4.74 Å². The molecule has 0 aromatic carbocycles. The zero-order valence-electron chi connectivity index (χ0n) is 11.3. The summed E-state index contributed by atoms with van der Waals surface area (Å²) in [6.07, 6.45) is 0.284. The Morgan fingerprint density at radius 3 is 2.59 bits per heavy atom. The SMILES string of the molecule is Cc1nn(C)c(Cl)c1CN(C)CCOC(C)C. The molecule has 0 unspecified atom stereocenters. The molecule has 0 aliphatic rings. The van der Waals surface area contributed by atoms with E-state index in [4.69, 9.17) is 16.3 Å². The number of aromatic nitrogens is 2. The van der Waals surface area contributed by atoms with Gasteiger partial charge in [-0.3, -0.25) is 9.58 Å². The fraction of sp³-hybridized carbons (Fsp3) is 0.750. The first-order valence-corrected chi connectivity index (χ1v) is 6.27. The van der Waals surface area contributed by atoms with Gasteiger partial charge in [-0.2, -0.15) is 5.10 Å². The number of aryl methyl sites for hydroxylation is 2. The highest BCUT2D eigenvalue weighted by atomic mass is 35.5. The van der Waals surface area contributed by atoms with Crippen LogP contribution in [0.5, 0.6) is 0 Å². The highest BCUT2D eigenvalue weighted by molar-refractivity contribution is 6.30. The first kappa shape index (κ1) is 14.5. The molecule has 0 aliphatic heterocycles. The molecule has 0 fully saturated rings. The third-order valence-electron chi connectivity index (χ3n) is 2.62. The number of nitrogens with zero attached hydrogens (tertiary/aromatic N) is 3. The van der Waals surface area contributed by atoms with Crippen molar-refractivity contribution in [2.24, 2.45) is 7.05 Å². The lowest BCUT2D eigenvalue weighted by Crippen LogP contribution is -2.24. The molecule has 0 bridgehead atoms. The normalized spacial score (nSPS) is 11.8. The van der Waals surface area contributed by atoms with Crippen molar-refractivity contribution in [1.82, 2.24) is 14.7 Å². The second-order valence-corrected chi connectivity index (χ2v) is 4.99. The predicted molar refractivity (Wildman–Crippen MR) is 70.4 cm³/mol. The highest BCUT2D eigenvalue weighted by Crippen LogP contribution is 2.19. The van der Waals surface area contributed by atoms with Crippen molar-refractivity contribution in [1.29, 1.82) is 0 Å². The molecule has 0 spiro atoms. The second kappa shape index (κ2) is 6.38. The van der Waals surface area contributed by atoms with E-state index in [-0.39, 0.29) is 6.10 Å². The minimum Gasteiger partial charge on any atom is -0.377 e. The summed E-state index contributed by atoms with van der Waals surface area (Å²) >= 11 is 6.19. The molecule has 1 aromatic heterocycles. The average molecular weight is 260 g/mol. The summed E-state index contributed by atoms with van der Waals surface area (Å²) in [7, 11) is 3.92. The van der Waals surface area contributed by atoms with E-state index < -0.39 is 0 Å². The smallest absolute Gasteiger partial charge is 0.131 e. The van der Waals surface area contributed by atoms with Gasteiger partial charge in [0.25, 0.3) is 0 Å². The minimum atomic E-state index is 0.284. The zero-order chi connectivity index (χ0) is 13.0. The maximum absolute atomic E-state index is 6.19. The van der Waals surface area contributed by atoms with E-state index in [1.807, 2.05) is 27.8 Å². The molecule has 0 N–H and O–H groups in total. The topological polar surface area (TPSA) is 30.3 Å². The zero-order valence-corrected chi connectivity index (χ0v) is 12.1. The average Bonchev–Trinajstić information content (AvgIpc) is 2.44. The quantitative estimate of drug-likeness (QED) is 0.785. The Balaban J connectivity index is 2.47. The van der Waals surface area contributed by atoms with Gasteiger partial charge in [0.05, 0.1) is 18.4 Å². The van der Waals surface area contributed by atoms with Crippen LogP contribution in [0.15, 0.2) is 0 Å². The molecule has 17 heavy (non-hydrogen) atoms. The summed E-state index contributed by atoms with van der Waals surface area (Å²) in [5.41, 5.74) is 2.09. The van der Waals surface area contributed by atoms with Crippen LogP contribution >= 0.6 is 11.6 Å². The number of ether oxygens (including phenoxy) is 1. The van der Waals surface area contributed by atoms with Crippen molar-refractivity contribution >= 4 is 11.6 Å². The molecular formula is C12H22ClN3O. The van der Waals surface area contributed by atoms with Crippen LogP contribution in [0, 0.1) is 6.92 Å². The van der Waals surface area contributed by atoms with E-state index in [1.165, 1.54) is 0 Å². The molecule has 1 aromatic rings. The molecule has 0 atom stereocenters. The summed E-state index contributed by atoms with van der Waals surface area (Å²) in [4.78, 5) is 2.19. The lowest BCUT2D eigenvalue weighted by Gasteiger charge is -2.17. The molecule has 1 heterocycles. The van der Waals surface area contributed by atoms with Gasteiger partial charge < -0.3 is 4.74 Å². The van der Waals surface area contributed by atoms with Gasteiger partial charge >= 0.3 is 0 Å². The van der Waals surface area contributed by atoms with Crippen molar-refractivity contribution in [3.63, 3.8) is 0 Å². The second-order valence-electron chi connectivity index (χ2n) is 4.64. The molecule has 0 saturated carbocycles. The first-order chi connectivity index (χ1) is 7.91. The number of hydrogen-bond acceptors (Lipinski definition) is 3. The Kier molecular flexibility index (Phi) is 5.43. The van der Waals surface area contributed by atoms with Crippen LogP contribution < -0.4 is 0 Å². The van der Waals surface area contributed by atoms with Gasteiger partial charge in [0.15, 0.2) is 0 Å². The summed E-state index contributed by atoms with van der Waals surface area (Å²) in [6, 6.07) is 0. The van der Waals surface area contributed by atoms with E-state index in [0.717, 1.165) is 36.1 Å². The van der Waals surface area contributed by atoms with Gasteiger partial charge in [-0.05, 0) is 27.8 Å². The van der Waals surface area contributed by atoms with Crippen LogP contribution in [0.3, 0.4) is 0 Å². The van der Waals surface area contributed by atoms with E-state index in [0.29, 0.717) is 0 Å². The van der Waals surface area contributed by atoms with Crippen LogP contribution in [0.2, 0.25) is 5.15 Å². The Bertz CT molecular complexity index is 363. The lowest BCUT2D eigenvalue weighted by atomic mass is 10.2. The summed E-state index contributed by atoms with van der Waals surface area (Å²) in [5, 5.41) is 5.02. The predicted octanol–water partition coefficient (Wildman–Crippen LogP) is 2.24. The monoisotopic (exact) mass is 259 g/mol. The van der Waals surface area contributed by atoms with Gasteiger partial charge in [0, 0.05) is 25.7 Å². The first-order valence-electron chi connectivity index (χ1n) is 5.90. The molecule has 5 heteroatoms. The third-order valence-corrected chi connectivity index (χ3v) is 3.09. The number of hydrogen-bond donors (Lipinski definition) is 0. The van der Waals surface area contributed by atoms with Gasteiger partial charge in [-0.15, -0.1) is 0 Å². The summed E-state index contributed by atoms with van der Waals surface area (Å²) in [5.74, 6) is 0. The van der Waals surface area contributed by atoms with Gasteiger partial charge in [-0.25, -0.2) is 0 Å². The number of likely N-dealkylation sites (N-methyl/N-ethyl adjacent to an activating group) is 1. The molecule has 0 radical (unpaired) electrons. The van der Waals surface area contributed by atoms with E-state index >= 15 is 0 Å². The van der Waals surface area contributed by atoms with Gasteiger partial charge in [0.2, 0.25) is 0 Å². The maximum atomic E-state index is 6.19. The van der Waals surface area contributed by atoms with E-state index in [9.17, 15) is 0 Å². The molecule has 0 amide bonds. The van der Waals surface area contributed by atoms with E-state index in [2.05, 4.69) is 17.0 Å². The molecule has 4 nitrogen and oxygen atoms in total. The fourth-order valence-electron chi connectivity index (χ4n) is 1.65. The van der Waals surface area contributed by atoms with Crippen molar-refractivity contribution in [2.75, 3.05) is 20.2 Å². The van der Waals surface area contributed by atoms with Crippen LogP contribution in [-0.2, 0) is 18.3 Å². The van der Waals surface area contributed by atoms with E-state index in [1.54, 1.807) is 4.68 Å². The maximum Gasteiger partial charge on any atom is 0.131 e. The molecule has 98 valence electrons. The summed E-state index contributed by atoms with van der Waals surface area (Å²) in [6.45, 7) is 8.51. The van der Waals surface area contributed by atoms with Gasteiger partial charge in [-0.1, -0.05) is 11.6 Å². The molecular weight excluding hydrogens is 238 g/mol. The fourth-order valence-corrected chi connectivity index (χ4v) is 1.88. The van der Waals surface area contributed by atoms with Gasteiger partial charge in [0.1, 0.15) is 5.15 Å². The molecule has 1 rings (SSSR count). The highest BCUT2D eigenvalue weighted by Gasteiger charge is 2.12. The number of halogens is 1. The third kappa shape index (κ3) is 4.30. The Labute approximate surface area is 108 Å². The van der Waals surface area contributed by atoms with Crippen LogP contribution in [0.1, 0.15) is 25.1 Å². The largest absolute Gasteiger partial charge is 0.377 e. The van der Waals surface area contributed by atoms with Crippen LogP contribution in [0.25, 0.3) is 0 Å². The number of rotatable bonds is 6.